The number of likely N-dealkylation sites (N-methyl/N-ethyl adjacent to an activating group) is 2. The summed E-state index contributed by atoms with van der Waals surface area (Å²) >= 11 is 0. The van der Waals surface area contributed by atoms with Gasteiger partial charge in [-0.3, -0.25) is 4.79 Å². The van der Waals surface area contributed by atoms with Crippen molar-refractivity contribution in [1.29, 1.82) is 0 Å². The van der Waals surface area contributed by atoms with Gasteiger partial charge in [-0.1, -0.05) is 12.1 Å². The van der Waals surface area contributed by atoms with Crippen molar-refractivity contribution in [1.82, 2.24) is 15.5 Å². The zero-order valence-corrected chi connectivity index (χ0v) is 13.6. The molecule has 1 aromatic rings. The molecule has 0 aromatic heterocycles. The average Bonchev–Trinajstić information content (AvgIpc) is 2.47. The van der Waals surface area contributed by atoms with E-state index in [-0.39, 0.29) is 18.0 Å². The molecule has 0 heterocycles. The number of benzene rings is 1. The number of amides is 1. The van der Waals surface area contributed by atoms with E-state index < -0.39 is 0 Å². The Morgan fingerprint density at radius 3 is 2.67 bits per heavy atom. The van der Waals surface area contributed by atoms with Crippen molar-refractivity contribution in [2.24, 2.45) is 0 Å². The van der Waals surface area contributed by atoms with Gasteiger partial charge in [0.1, 0.15) is 5.75 Å². The van der Waals surface area contributed by atoms with Crippen LogP contribution in [-0.2, 0) is 4.79 Å². The summed E-state index contributed by atoms with van der Waals surface area (Å²) in [5.41, 5.74) is 1.16. The van der Waals surface area contributed by atoms with Gasteiger partial charge in [-0.05, 0) is 45.6 Å². The van der Waals surface area contributed by atoms with E-state index in [1.165, 1.54) is 0 Å². The summed E-state index contributed by atoms with van der Waals surface area (Å²) in [6, 6.07) is 7.99. The zero-order chi connectivity index (χ0) is 15.8. The van der Waals surface area contributed by atoms with Gasteiger partial charge in [0.05, 0.1) is 13.2 Å². The lowest BCUT2D eigenvalue weighted by Gasteiger charge is -2.27. The van der Waals surface area contributed by atoms with Crippen molar-refractivity contribution in [3.05, 3.63) is 29.8 Å². The van der Waals surface area contributed by atoms with Gasteiger partial charge < -0.3 is 20.3 Å². The predicted molar refractivity (Wildman–Crippen MR) is 85.6 cm³/mol. The molecule has 1 aromatic carbocycles. The average molecular weight is 293 g/mol. The third-order valence-corrected chi connectivity index (χ3v) is 3.46. The van der Waals surface area contributed by atoms with Gasteiger partial charge in [-0.15, -0.1) is 0 Å². The van der Waals surface area contributed by atoms with Crippen LogP contribution < -0.4 is 15.4 Å². The van der Waals surface area contributed by atoms with Crippen molar-refractivity contribution in [2.45, 2.75) is 25.9 Å². The second kappa shape index (κ2) is 8.64. The molecule has 118 valence electrons. The molecule has 0 bridgehead atoms. The van der Waals surface area contributed by atoms with E-state index in [9.17, 15) is 4.79 Å². The molecule has 0 radical (unpaired) electrons. The first-order valence-corrected chi connectivity index (χ1v) is 7.31. The fourth-order valence-electron chi connectivity index (χ4n) is 2.16. The molecule has 0 fully saturated rings. The van der Waals surface area contributed by atoms with Gasteiger partial charge in [0.2, 0.25) is 5.91 Å². The summed E-state index contributed by atoms with van der Waals surface area (Å²) < 4.78 is 5.28. The molecule has 5 heteroatoms. The van der Waals surface area contributed by atoms with E-state index in [1.54, 1.807) is 7.11 Å². The fraction of sp³-hybridized carbons (Fsp3) is 0.562. The Labute approximate surface area is 127 Å². The molecule has 21 heavy (non-hydrogen) atoms. The van der Waals surface area contributed by atoms with Crippen LogP contribution in [0, 0.1) is 0 Å². The molecule has 0 aliphatic heterocycles. The lowest BCUT2D eigenvalue weighted by atomic mass is 10.1. The first-order chi connectivity index (χ1) is 9.99. The Morgan fingerprint density at radius 1 is 1.38 bits per heavy atom. The highest BCUT2D eigenvalue weighted by Crippen LogP contribution is 2.22. The van der Waals surface area contributed by atoms with Crippen LogP contribution in [0.5, 0.6) is 5.75 Å². The quantitative estimate of drug-likeness (QED) is 0.761. The minimum absolute atomic E-state index is 0.0284. The second-order valence-electron chi connectivity index (χ2n) is 5.28. The highest BCUT2D eigenvalue weighted by molar-refractivity contribution is 5.81. The second-order valence-corrected chi connectivity index (χ2v) is 5.28. The van der Waals surface area contributed by atoms with Gasteiger partial charge in [-0.25, -0.2) is 0 Å². The molecule has 1 rings (SSSR count). The Bertz CT molecular complexity index is 449. The van der Waals surface area contributed by atoms with Crippen LogP contribution in [-0.4, -0.2) is 51.1 Å². The minimum Gasteiger partial charge on any atom is -0.497 e. The summed E-state index contributed by atoms with van der Waals surface area (Å²) in [4.78, 5) is 13.9. The maximum Gasteiger partial charge on any atom is 0.236 e. The van der Waals surface area contributed by atoms with Crippen molar-refractivity contribution < 1.29 is 9.53 Å². The maximum absolute atomic E-state index is 11.8. The van der Waals surface area contributed by atoms with Gasteiger partial charge >= 0.3 is 0 Å². The summed E-state index contributed by atoms with van der Waals surface area (Å²) in [6.45, 7) is 5.14. The number of hydrogen-bond donors (Lipinski definition) is 2. The summed E-state index contributed by atoms with van der Waals surface area (Å²) in [5.74, 6) is 0.872. The molecule has 0 spiro atoms. The number of nitrogens with one attached hydrogen (secondary N) is 2. The number of nitrogens with zero attached hydrogens (tertiary/aromatic N) is 1. The van der Waals surface area contributed by atoms with Gasteiger partial charge in [0.15, 0.2) is 0 Å². The smallest absolute Gasteiger partial charge is 0.236 e. The van der Waals surface area contributed by atoms with Crippen LogP contribution in [0.3, 0.4) is 0 Å². The van der Waals surface area contributed by atoms with E-state index in [0.717, 1.165) is 11.3 Å². The lowest BCUT2D eigenvalue weighted by Crippen LogP contribution is -2.44. The Hall–Kier alpha value is -1.59. The SMILES string of the molecule is CCNC(=O)C(C)NCC(c1cccc(OC)c1)N(C)C. The Morgan fingerprint density at radius 2 is 2.10 bits per heavy atom. The molecule has 0 saturated carbocycles. The van der Waals surface area contributed by atoms with Crippen molar-refractivity contribution in [2.75, 3.05) is 34.3 Å². The van der Waals surface area contributed by atoms with Gasteiger partial charge in [0.25, 0.3) is 0 Å². The molecule has 5 nitrogen and oxygen atoms in total. The van der Waals surface area contributed by atoms with Gasteiger partial charge in [-0.2, -0.15) is 0 Å². The molecule has 0 aliphatic rings. The third kappa shape index (κ3) is 5.36. The van der Waals surface area contributed by atoms with Crippen molar-refractivity contribution in [3.8, 4) is 5.75 Å². The van der Waals surface area contributed by atoms with Crippen molar-refractivity contribution >= 4 is 5.91 Å². The number of hydrogen-bond acceptors (Lipinski definition) is 4. The monoisotopic (exact) mass is 293 g/mol. The summed E-state index contributed by atoms with van der Waals surface area (Å²) in [5, 5.41) is 6.11. The van der Waals surface area contributed by atoms with Crippen LogP contribution in [0.2, 0.25) is 0 Å². The number of carbonyl (C=O) groups is 1. The highest BCUT2D eigenvalue weighted by Gasteiger charge is 2.18. The summed E-state index contributed by atoms with van der Waals surface area (Å²) in [6.07, 6.45) is 0. The van der Waals surface area contributed by atoms with Crippen molar-refractivity contribution in [3.63, 3.8) is 0 Å². The van der Waals surface area contributed by atoms with E-state index in [4.69, 9.17) is 4.74 Å². The number of ether oxygens (including phenoxy) is 1. The maximum atomic E-state index is 11.8. The molecule has 0 saturated heterocycles. The fourth-order valence-corrected chi connectivity index (χ4v) is 2.16. The molecule has 2 N–H and O–H groups in total. The predicted octanol–water partition coefficient (Wildman–Crippen LogP) is 1.41. The Kier molecular flexibility index (Phi) is 7.19. The largest absolute Gasteiger partial charge is 0.497 e. The van der Waals surface area contributed by atoms with Crippen LogP contribution in [0.1, 0.15) is 25.5 Å². The number of carbonyl (C=O) groups excluding carboxylic acids is 1. The van der Waals surface area contributed by atoms with Crippen LogP contribution in [0.25, 0.3) is 0 Å². The van der Waals surface area contributed by atoms with Gasteiger partial charge in [0, 0.05) is 19.1 Å². The molecule has 0 aliphatic carbocycles. The normalized spacial score (nSPS) is 13.8. The van der Waals surface area contributed by atoms with E-state index >= 15 is 0 Å². The first kappa shape index (κ1) is 17.5. The molecule has 2 atom stereocenters. The zero-order valence-electron chi connectivity index (χ0n) is 13.6. The molecular weight excluding hydrogens is 266 g/mol. The van der Waals surface area contributed by atoms with E-state index in [1.807, 2.05) is 46.1 Å². The molecular formula is C16H27N3O2. The summed E-state index contributed by atoms with van der Waals surface area (Å²) in [7, 11) is 5.73. The topological polar surface area (TPSA) is 53.6 Å². The Balaban J connectivity index is 2.72. The van der Waals surface area contributed by atoms with E-state index in [2.05, 4.69) is 21.6 Å². The molecule has 1 amide bonds. The van der Waals surface area contributed by atoms with Crippen LogP contribution in [0.4, 0.5) is 0 Å². The third-order valence-electron chi connectivity index (χ3n) is 3.46. The van der Waals surface area contributed by atoms with E-state index in [0.29, 0.717) is 13.1 Å². The minimum atomic E-state index is -0.210. The lowest BCUT2D eigenvalue weighted by molar-refractivity contribution is -0.122. The standard InChI is InChI=1S/C16H27N3O2/c1-6-17-16(20)12(2)18-11-15(19(3)4)13-8-7-9-14(10-13)21-5/h7-10,12,15,18H,6,11H2,1-5H3,(H,17,20). The van der Waals surface area contributed by atoms with Crippen LogP contribution >= 0.6 is 0 Å². The number of methoxy groups -OCH3 is 1. The highest BCUT2D eigenvalue weighted by atomic mass is 16.5. The number of rotatable bonds is 8. The molecule has 2 unspecified atom stereocenters. The first-order valence-electron chi connectivity index (χ1n) is 7.31. The van der Waals surface area contributed by atoms with Crippen LogP contribution in [0.15, 0.2) is 24.3 Å².